The zero-order valence-electron chi connectivity index (χ0n) is 39.9. The maximum absolute atomic E-state index is 14.1. The van der Waals surface area contributed by atoms with Crippen LogP contribution in [-0.2, 0) is 44.6 Å². The van der Waals surface area contributed by atoms with Gasteiger partial charge in [-0.05, 0) is 56.9 Å². The number of carbonyl (C=O) groups is 4. The molecule has 4 fully saturated rings. The van der Waals surface area contributed by atoms with Crippen molar-refractivity contribution in [3.8, 4) is 11.3 Å². The van der Waals surface area contributed by atoms with Crippen molar-refractivity contribution in [3.05, 3.63) is 30.2 Å². The molecule has 23 heteroatoms. The molecule has 6 unspecified atom stereocenters. The Bertz CT molecular complexity index is 1960. The Morgan fingerprint density at radius 2 is 1.70 bits per heavy atom. The zero-order valence-corrected chi connectivity index (χ0v) is 41.9. The number of ketones is 1. The van der Waals surface area contributed by atoms with Gasteiger partial charge in [-0.15, -0.1) is 5.10 Å². The molecule has 2 saturated heterocycles. The summed E-state index contributed by atoms with van der Waals surface area (Å²) in [5.41, 5.74) is 1.35. The van der Waals surface area contributed by atoms with E-state index in [0.29, 0.717) is 37.1 Å². The van der Waals surface area contributed by atoms with E-state index in [9.17, 15) is 49.8 Å². The molecule has 22 nitrogen and oxygen atoms in total. The van der Waals surface area contributed by atoms with Gasteiger partial charge in [-0.25, -0.2) is 0 Å². The molecule has 0 spiro atoms. The molecule has 4 heterocycles. The maximum Gasteiger partial charge on any atom is 1.00 e. The monoisotopic (exact) mass is 984 g/mol. The number of aromatic nitrogens is 4. The molecule has 0 aromatic carbocycles. The summed E-state index contributed by atoms with van der Waals surface area (Å²) in [4.78, 5) is 56.8. The predicted octanol–water partition coefficient (Wildman–Crippen LogP) is -4.10. The quantitative estimate of drug-likeness (QED) is 0.0411. The number of aliphatic carboxylic acids is 1. The largest absolute Gasteiger partial charge is 1.00 e. The van der Waals surface area contributed by atoms with Crippen LogP contribution in [0.2, 0.25) is 0 Å². The van der Waals surface area contributed by atoms with Gasteiger partial charge in [0.15, 0.2) is 12.6 Å². The van der Waals surface area contributed by atoms with Gasteiger partial charge in [0.05, 0.1) is 48.8 Å². The average Bonchev–Trinajstić information content (AvgIpc) is 3.81. The molecule has 0 radical (unpaired) electrons. The molecule has 2 saturated carbocycles. The minimum Gasteiger partial charge on any atom is -0.547 e. The van der Waals surface area contributed by atoms with Gasteiger partial charge in [0, 0.05) is 56.9 Å². The second kappa shape index (κ2) is 27.1. The van der Waals surface area contributed by atoms with Crippen LogP contribution in [0.15, 0.2) is 24.7 Å². The third-order valence-electron chi connectivity index (χ3n) is 13.7. The van der Waals surface area contributed by atoms with Crippen LogP contribution in [0.3, 0.4) is 0 Å². The smallest absolute Gasteiger partial charge is 0.547 e. The summed E-state index contributed by atoms with van der Waals surface area (Å²) in [6.45, 7) is 4.47. The number of amides is 2. The molecule has 2 aliphatic carbocycles. The van der Waals surface area contributed by atoms with E-state index in [2.05, 4.69) is 25.9 Å². The Morgan fingerprint density at radius 1 is 0.942 bits per heavy atom. The number of carboxylic acid groups (broad SMARTS) is 1. The molecule has 15 atom stereocenters. The summed E-state index contributed by atoms with van der Waals surface area (Å²) in [6, 6.07) is 0.276. The van der Waals surface area contributed by atoms with Gasteiger partial charge in [-0.2, -0.15) is 0 Å². The van der Waals surface area contributed by atoms with Crippen molar-refractivity contribution in [2.75, 3.05) is 19.8 Å². The van der Waals surface area contributed by atoms with Gasteiger partial charge in [-0.3, -0.25) is 24.0 Å². The Hall–Kier alpha value is -3.07. The molecule has 380 valence electrons. The molecular formula is C46H69N6NaO16. The van der Waals surface area contributed by atoms with Crippen molar-refractivity contribution in [3.63, 3.8) is 0 Å². The van der Waals surface area contributed by atoms with Crippen LogP contribution in [0.4, 0.5) is 0 Å². The summed E-state index contributed by atoms with van der Waals surface area (Å²) >= 11 is 0. The first-order valence-electron chi connectivity index (χ1n) is 24.0. The number of nitrogens with zero attached hydrogens (tertiary/aromatic N) is 4. The van der Waals surface area contributed by atoms with E-state index in [1.165, 1.54) is 20.0 Å². The van der Waals surface area contributed by atoms with E-state index in [-0.39, 0.29) is 85.7 Å². The number of aryl methyl sites for hydroxylation is 1. The molecule has 8 N–H and O–H groups in total. The van der Waals surface area contributed by atoms with Crippen LogP contribution in [0.1, 0.15) is 108 Å². The summed E-state index contributed by atoms with van der Waals surface area (Å²) in [5, 5.41) is 89.4. The Morgan fingerprint density at radius 3 is 2.38 bits per heavy atom. The number of rotatable bonds is 22. The van der Waals surface area contributed by atoms with Crippen LogP contribution >= 0.6 is 0 Å². The third kappa shape index (κ3) is 15.0. The van der Waals surface area contributed by atoms with Gasteiger partial charge >= 0.3 is 29.6 Å². The first-order valence-corrected chi connectivity index (χ1v) is 24.0. The van der Waals surface area contributed by atoms with Crippen molar-refractivity contribution in [2.24, 2.45) is 17.8 Å². The molecule has 2 aromatic heterocycles. The van der Waals surface area contributed by atoms with E-state index in [0.717, 1.165) is 32.1 Å². The van der Waals surface area contributed by atoms with Crippen molar-refractivity contribution in [2.45, 2.75) is 184 Å². The minimum atomic E-state index is -1.68. The Labute approximate surface area is 423 Å². The fourth-order valence-electron chi connectivity index (χ4n) is 9.86. The molecule has 69 heavy (non-hydrogen) atoms. The van der Waals surface area contributed by atoms with Crippen LogP contribution < -0.4 is 45.3 Å². The van der Waals surface area contributed by atoms with Crippen molar-refractivity contribution in [1.29, 1.82) is 0 Å². The normalized spacial score (nSPS) is 32.4. The zero-order chi connectivity index (χ0) is 49.1. The van der Waals surface area contributed by atoms with Crippen LogP contribution in [0, 0.1) is 17.8 Å². The molecular weight excluding hydrogens is 916 g/mol. The molecule has 4 aliphatic rings. The molecule has 2 aliphatic heterocycles. The predicted molar refractivity (Wildman–Crippen MR) is 234 cm³/mol. The van der Waals surface area contributed by atoms with Gasteiger partial charge in [0.25, 0.3) is 5.91 Å². The number of ether oxygens (including phenoxy) is 5. The number of aliphatic hydroxyl groups is 6. The van der Waals surface area contributed by atoms with Gasteiger partial charge < -0.3 is 74.9 Å². The van der Waals surface area contributed by atoms with E-state index in [1.807, 2.05) is 6.92 Å². The number of carbonyl (C=O) groups excluding carboxylic acids is 4. The summed E-state index contributed by atoms with van der Waals surface area (Å²) in [5.74, 6) is -3.72. The first kappa shape index (κ1) is 56.8. The number of aliphatic hydroxyl groups excluding tert-OH is 6. The first-order chi connectivity index (χ1) is 32.6. The molecule has 6 rings (SSSR count). The number of Topliss-reactive ketones (excluding diaryl/α,β-unsaturated/α-hetero) is 1. The molecule has 2 amide bonds. The van der Waals surface area contributed by atoms with Crippen molar-refractivity contribution >= 4 is 23.6 Å². The fraction of sp³-hybridized carbons (Fsp3) is 0.761. The number of hydrogen-bond acceptors (Lipinski definition) is 19. The number of nitrogens with one attached hydrogen (secondary N) is 2. The summed E-state index contributed by atoms with van der Waals surface area (Å²) in [7, 11) is 0. The Balaban J connectivity index is 0.00000888. The van der Waals surface area contributed by atoms with Crippen LogP contribution in [0.25, 0.3) is 11.3 Å². The Kier molecular flexibility index (Phi) is 22.3. The summed E-state index contributed by atoms with van der Waals surface area (Å²) in [6.07, 6.45) is -5.79. The van der Waals surface area contributed by atoms with Gasteiger partial charge in [-0.1, -0.05) is 50.7 Å². The fourth-order valence-corrected chi connectivity index (χ4v) is 9.86. The second-order valence-corrected chi connectivity index (χ2v) is 18.6. The van der Waals surface area contributed by atoms with Crippen molar-refractivity contribution in [1.82, 2.24) is 30.6 Å². The number of pyridine rings is 1. The number of carboxylic acids is 1. The molecule has 0 bridgehead atoms. The van der Waals surface area contributed by atoms with Crippen LogP contribution in [-0.4, -0.2) is 174 Å². The SMILES string of the molecule is CCC1CC(C(=O)CCCNC(=O)c2cncc(-c3cn(CCCO)nn3)c2)C[C@@H](O[C@@H]2O[C@@H](CO)[C@H](O)C(O[C@@H](CC3CCCCC3)C(=O)[O-])C2NC(C)=O)[C@@H]1O[C@@H]1OC(C)[C@@H](O)[C@H](O)C1O.[Na+]. The van der Waals surface area contributed by atoms with E-state index < -0.39 is 116 Å². The van der Waals surface area contributed by atoms with E-state index in [4.69, 9.17) is 28.8 Å². The van der Waals surface area contributed by atoms with Crippen LogP contribution in [0.5, 0.6) is 0 Å². The van der Waals surface area contributed by atoms with E-state index in [1.54, 1.807) is 23.1 Å². The topological polar surface area (TPSA) is 327 Å². The third-order valence-corrected chi connectivity index (χ3v) is 13.7. The summed E-state index contributed by atoms with van der Waals surface area (Å²) < 4.78 is 32.8. The van der Waals surface area contributed by atoms with Gasteiger partial charge in [0.1, 0.15) is 54.1 Å². The van der Waals surface area contributed by atoms with E-state index >= 15 is 0 Å². The maximum atomic E-state index is 14.1. The second-order valence-electron chi connectivity index (χ2n) is 18.6. The molecule has 2 aromatic rings. The number of hydrogen-bond donors (Lipinski definition) is 8. The average molecular weight is 985 g/mol. The standard InChI is InChI=1S/C46H70N6O16.Na/c1-4-27-17-28(32(56)12-8-13-48-43(61)30-18-29(20-47-21-30)31-22-52(51-50-31)14-9-15-53)19-33(41(27)68-46-40(60)39(59)37(57)24(2)64-46)66-45-36(49-25(3)55)42(38(58)35(23-54)67-45)65-34(44(62)63)16-26-10-6-5-7-11-26;/h18,20-22,24,26-28,33-42,45-46,53-54,57-60H,4-17,19,23H2,1-3H3,(H,48,61)(H,49,55)(H,62,63);/q;+1/p-1/t24?,27?,28?,33-,34+,35+,36?,37-,38+,39+,40?,41-,42?,45-,46+;/m1./s1. The van der Waals surface area contributed by atoms with Crippen molar-refractivity contribution < 1.29 is 108 Å². The van der Waals surface area contributed by atoms with Gasteiger partial charge in [0.2, 0.25) is 5.91 Å². The minimum absolute atomic E-state index is 0.